The molecule has 0 aliphatic heterocycles. The third kappa shape index (κ3) is 2.97. The monoisotopic (exact) mass is 215 g/mol. The average molecular weight is 215 g/mol. The molecule has 5 heteroatoms. The van der Waals surface area contributed by atoms with Crippen LogP contribution in [0.3, 0.4) is 0 Å². The number of halogens is 2. The zero-order valence-corrected chi connectivity index (χ0v) is 8.41. The smallest absolute Gasteiger partial charge is 0.357 e. The average Bonchev–Trinajstić information content (AvgIpc) is 2.16. The molecule has 0 aliphatic rings. The Labute approximate surface area is 86.1 Å². The molecule has 0 amide bonds. The van der Waals surface area contributed by atoms with Gasteiger partial charge in [0.25, 0.3) is 6.43 Å². The summed E-state index contributed by atoms with van der Waals surface area (Å²) in [6, 6.07) is 2.52. The molecule has 0 saturated heterocycles. The summed E-state index contributed by atoms with van der Waals surface area (Å²) in [6.07, 6.45) is -1.80. The number of carbonyl (C=O) groups excluding carboxylic acids is 1. The van der Waals surface area contributed by atoms with Crippen molar-refractivity contribution in [3.63, 3.8) is 0 Å². The summed E-state index contributed by atoms with van der Waals surface area (Å²) in [6.45, 7) is 3.28. The Kier molecular flexibility index (Phi) is 3.71. The molecule has 0 aliphatic carbocycles. The van der Waals surface area contributed by atoms with E-state index in [0.29, 0.717) is 0 Å². The molecular weight excluding hydrogens is 204 g/mol. The van der Waals surface area contributed by atoms with Gasteiger partial charge in [-0.05, 0) is 26.0 Å². The zero-order chi connectivity index (χ0) is 11.4. The Bertz CT molecular complexity index is 353. The van der Waals surface area contributed by atoms with Crippen molar-refractivity contribution >= 4 is 5.97 Å². The summed E-state index contributed by atoms with van der Waals surface area (Å²) in [7, 11) is 0. The first-order valence-electron chi connectivity index (χ1n) is 4.46. The van der Waals surface area contributed by atoms with Gasteiger partial charge in [-0.15, -0.1) is 0 Å². The van der Waals surface area contributed by atoms with Crippen LogP contribution in [0.15, 0.2) is 18.3 Å². The van der Waals surface area contributed by atoms with Crippen molar-refractivity contribution in [3.05, 3.63) is 29.6 Å². The van der Waals surface area contributed by atoms with Crippen LogP contribution in [0.25, 0.3) is 0 Å². The van der Waals surface area contributed by atoms with Gasteiger partial charge in [0.15, 0.2) is 5.69 Å². The number of rotatable bonds is 3. The Morgan fingerprint density at radius 2 is 2.13 bits per heavy atom. The number of carbonyl (C=O) groups is 1. The lowest BCUT2D eigenvalue weighted by atomic mass is 10.2. The molecule has 1 aromatic rings. The van der Waals surface area contributed by atoms with Gasteiger partial charge in [0.05, 0.1) is 11.7 Å². The van der Waals surface area contributed by atoms with Gasteiger partial charge < -0.3 is 4.74 Å². The second-order valence-corrected chi connectivity index (χ2v) is 3.20. The Balaban J connectivity index is 2.97. The number of esters is 1. The van der Waals surface area contributed by atoms with E-state index in [1.54, 1.807) is 13.8 Å². The minimum atomic E-state index is -2.73. The van der Waals surface area contributed by atoms with E-state index in [1.165, 1.54) is 12.3 Å². The van der Waals surface area contributed by atoms with Gasteiger partial charge >= 0.3 is 5.97 Å². The maximum absolute atomic E-state index is 12.5. The predicted molar refractivity (Wildman–Crippen MR) is 49.7 cm³/mol. The maximum Gasteiger partial charge on any atom is 0.357 e. The molecule has 1 heterocycles. The molecule has 0 bridgehead atoms. The number of aromatic nitrogens is 1. The lowest BCUT2D eigenvalue weighted by molar-refractivity contribution is 0.0360. The quantitative estimate of drug-likeness (QED) is 0.727. The molecule has 0 atom stereocenters. The fourth-order valence-electron chi connectivity index (χ4n) is 1.03. The Hall–Kier alpha value is -1.52. The van der Waals surface area contributed by atoms with E-state index in [4.69, 9.17) is 4.74 Å². The zero-order valence-electron chi connectivity index (χ0n) is 8.41. The van der Waals surface area contributed by atoms with Crippen LogP contribution in [0.4, 0.5) is 8.78 Å². The first-order chi connectivity index (χ1) is 7.02. The second-order valence-electron chi connectivity index (χ2n) is 3.20. The van der Waals surface area contributed by atoms with Crippen LogP contribution in [-0.2, 0) is 4.74 Å². The van der Waals surface area contributed by atoms with Crippen molar-refractivity contribution in [1.82, 2.24) is 4.98 Å². The van der Waals surface area contributed by atoms with Crippen molar-refractivity contribution < 1.29 is 18.3 Å². The van der Waals surface area contributed by atoms with Crippen LogP contribution in [-0.4, -0.2) is 17.1 Å². The van der Waals surface area contributed by atoms with Crippen LogP contribution in [0, 0.1) is 0 Å². The van der Waals surface area contributed by atoms with Gasteiger partial charge in [-0.1, -0.05) is 0 Å². The van der Waals surface area contributed by atoms with E-state index in [-0.39, 0.29) is 11.8 Å². The topological polar surface area (TPSA) is 39.2 Å². The van der Waals surface area contributed by atoms with E-state index < -0.39 is 18.0 Å². The summed E-state index contributed by atoms with van der Waals surface area (Å²) in [5, 5.41) is 0. The van der Waals surface area contributed by atoms with E-state index in [2.05, 4.69) is 4.98 Å². The summed E-state index contributed by atoms with van der Waals surface area (Å²) >= 11 is 0. The van der Waals surface area contributed by atoms with Gasteiger partial charge in [-0.3, -0.25) is 0 Å². The van der Waals surface area contributed by atoms with Crippen molar-refractivity contribution in [2.45, 2.75) is 26.4 Å². The highest BCUT2D eigenvalue weighted by Crippen LogP contribution is 2.21. The lowest BCUT2D eigenvalue weighted by Gasteiger charge is -2.09. The summed E-state index contributed by atoms with van der Waals surface area (Å²) in [5.74, 6) is -0.819. The summed E-state index contributed by atoms with van der Waals surface area (Å²) in [5.41, 5.74) is -0.718. The lowest BCUT2D eigenvalue weighted by Crippen LogP contribution is -2.15. The molecule has 1 aromatic heterocycles. The molecule has 0 saturated carbocycles. The third-order valence-corrected chi connectivity index (χ3v) is 1.61. The summed E-state index contributed by atoms with van der Waals surface area (Å²) < 4.78 is 29.7. The number of hydrogen-bond donors (Lipinski definition) is 0. The van der Waals surface area contributed by atoms with Crippen LogP contribution in [0.2, 0.25) is 0 Å². The number of ether oxygens (including phenoxy) is 1. The number of alkyl halides is 2. The molecule has 0 aromatic carbocycles. The summed E-state index contributed by atoms with van der Waals surface area (Å²) in [4.78, 5) is 15.0. The molecule has 0 unspecified atom stereocenters. The van der Waals surface area contributed by atoms with Crippen molar-refractivity contribution in [2.75, 3.05) is 0 Å². The van der Waals surface area contributed by atoms with E-state index >= 15 is 0 Å². The molecule has 82 valence electrons. The van der Waals surface area contributed by atoms with E-state index in [9.17, 15) is 13.6 Å². The SMILES string of the molecule is CC(C)OC(=O)c1ncccc1C(F)F. The molecular formula is C10H11F2NO2. The van der Waals surface area contributed by atoms with Gasteiger partial charge in [-0.25, -0.2) is 18.6 Å². The second kappa shape index (κ2) is 4.82. The number of nitrogens with zero attached hydrogens (tertiary/aromatic N) is 1. The fraction of sp³-hybridized carbons (Fsp3) is 0.400. The van der Waals surface area contributed by atoms with Gasteiger partial charge in [0.1, 0.15) is 0 Å². The first-order valence-corrected chi connectivity index (χ1v) is 4.46. The minimum absolute atomic E-state index is 0.318. The Morgan fingerprint density at radius 1 is 1.47 bits per heavy atom. The molecule has 0 N–H and O–H groups in total. The highest BCUT2D eigenvalue weighted by molar-refractivity contribution is 5.89. The molecule has 0 fully saturated rings. The van der Waals surface area contributed by atoms with Crippen LogP contribution < -0.4 is 0 Å². The number of pyridine rings is 1. The van der Waals surface area contributed by atoms with Gasteiger partial charge in [0.2, 0.25) is 0 Å². The predicted octanol–water partition coefficient (Wildman–Crippen LogP) is 2.58. The van der Waals surface area contributed by atoms with Crippen molar-refractivity contribution in [2.24, 2.45) is 0 Å². The van der Waals surface area contributed by atoms with Crippen molar-refractivity contribution in [3.8, 4) is 0 Å². The molecule has 1 rings (SSSR count). The molecule has 0 radical (unpaired) electrons. The van der Waals surface area contributed by atoms with E-state index in [1.807, 2.05) is 0 Å². The normalized spacial score (nSPS) is 10.8. The third-order valence-electron chi connectivity index (χ3n) is 1.61. The maximum atomic E-state index is 12.5. The van der Waals surface area contributed by atoms with Gasteiger partial charge in [-0.2, -0.15) is 0 Å². The van der Waals surface area contributed by atoms with Crippen LogP contribution in [0.1, 0.15) is 36.3 Å². The van der Waals surface area contributed by atoms with Gasteiger partial charge in [0, 0.05) is 6.20 Å². The number of hydrogen-bond acceptors (Lipinski definition) is 3. The molecule has 0 spiro atoms. The van der Waals surface area contributed by atoms with Crippen LogP contribution in [0.5, 0.6) is 0 Å². The first kappa shape index (κ1) is 11.6. The standard InChI is InChI=1S/C10H11F2NO2/c1-6(2)15-10(14)8-7(9(11)12)4-3-5-13-8/h3-6,9H,1-2H3. The Morgan fingerprint density at radius 3 is 2.67 bits per heavy atom. The van der Waals surface area contributed by atoms with Crippen molar-refractivity contribution in [1.29, 1.82) is 0 Å². The minimum Gasteiger partial charge on any atom is -0.458 e. The van der Waals surface area contributed by atoms with Crippen LogP contribution >= 0.6 is 0 Å². The highest BCUT2D eigenvalue weighted by Gasteiger charge is 2.20. The molecule has 3 nitrogen and oxygen atoms in total. The largest absolute Gasteiger partial charge is 0.458 e. The highest BCUT2D eigenvalue weighted by atomic mass is 19.3. The fourth-order valence-corrected chi connectivity index (χ4v) is 1.03. The van der Waals surface area contributed by atoms with E-state index in [0.717, 1.165) is 6.07 Å². The molecule has 15 heavy (non-hydrogen) atoms.